The molecule has 45 heavy (non-hydrogen) atoms. The van der Waals surface area contributed by atoms with E-state index >= 15 is 0 Å². The molecule has 0 fully saturated rings. The molecule has 2 aliphatic rings. The fraction of sp³-hybridized carbons (Fsp3) is 0.448. The minimum atomic E-state index is -4.48. The van der Waals surface area contributed by atoms with Gasteiger partial charge >= 0.3 is 1.43 Å². The van der Waals surface area contributed by atoms with E-state index < -0.39 is 30.7 Å². The van der Waals surface area contributed by atoms with E-state index in [4.69, 9.17) is 46.4 Å². The molecule has 2 aliphatic heterocycles. The Morgan fingerprint density at radius 2 is 1.31 bits per heavy atom. The lowest BCUT2D eigenvalue weighted by atomic mass is 10.2. The summed E-state index contributed by atoms with van der Waals surface area (Å²) in [6, 6.07) is 7.04. The number of nitrogens with one attached hydrogen (secondary N) is 1. The van der Waals surface area contributed by atoms with Crippen LogP contribution in [0.1, 0.15) is 42.0 Å². The van der Waals surface area contributed by atoms with Crippen molar-refractivity contribution < 1.29 is 32.3 Å². The van der Waals surface area contributed by atoms with Gasteiger partial charge in [0, 0.05) is 36.2 Å². The van der Waals surface area contributed by atoms with E-state index in [0.29, 0.717) is 33.2 Å². The Morgan fingerprint density at radius 3 is 1.82 bits per heavy atom. The maximum atomic E-state index is 11.7. The zero-order chi connectivity index (χ0) is 33.4. The Kier molecular flexibility index (Phi) is 11.4. The first-order valence-electron chi connectivity index (χ1n) is 14.4. The van der Waals surface area contributed by atoms with E-state index in [1.807, 2.05) is 46.8 Å². The fourth-order valence-electron chi connectivity index (χ4n) is 5.67. The van der Waals surface area contributed by atoms with Crippen LogP contribution in [-0.4, -0.2) is 68.8 Å². The highest BCUT2D eigenvalue weighted by Gasteiger charge is 2.39. The number of halogens is 4. The van der Waals surface area contributed by atoms with Gasteiger partial charge in [-0.05, 0) is 70.9 Å². The summed E-state index contributed by atoms with van der Waals surface area (Å²) in [6.07, 6.45) is 5.66. The first-order valence-corrected chi connectivity index (χ1v) is 18.9. The number of rotatable bonds is 12. The average molecular weight is 743 g/mol. The van der Waals surface area contributed by atoms with Gasteiger partial charge in [-0.25, -0.2) is 16.8 Å². The van der Waals surface area contributed by atoms with Crippen LogP contribution in [-0.2, 0) is 20.2 Å². The Bertz CT molecular complexity index is 1730. The Morgan fingerprint density at radius 1 is 0.822 bits per heavy atom. The van der Waals surface area contributed by atoms with Crippen molar-refractivity contribution in [1.82, 2.24) is 0 Å². The van der Waals surface area contributed by atoms with Gasteiger partial charge in [0.05, 0.1) is 58.2 Å². The van der Waals surface area contributed by atoms with Crippen LogP contribution in [0, 0.1) is 0 Å². The smallest absolute Gasteiger partial charge is 0.748 e. The third-order valence-electron chi connectivity index (χ3n) is 8.30. The number of fused-ring (bicyclic) bond motifs is 2. The SMILES string of the molecule is CCN1C(=CC=CC2N(CCC(C)S(=O)(=O)[O-])c3cc(Cl)c(Cl)cc3[NH+]2CC)N(CCC(C)S(=O)(=O)[O-])c2cc(Cl)c(Cl)cc21.[H+]. The van der Waals surface area contributed by atoms with E-state index in [-0.39, 0.29) is 33.5 Å². The molecule has 2 aromatic carbocycles. The molecule has 1 N–H and O–H groups in total. The molecule has 248 valence electrons. The molecule has 2 aromatic rings. The quantitative estimate of drug-likeness (QED) is 0.281. The maximum Gasteiger partial charge on any atom is 1.00 e. The van der Waals surface area contributed by atoms with Crippen molar-refractivity contribution in [2.24, 2.45) is 0 Å². The number of quaternary nitrogens is 1. The van der Waals surface area contributed by atoms with Crippen LogP contribution in [0.15, 0.2) is 48.3 Å². The van der Waals surface area contributed by atoms with Crippen molar-refractivity contribution in [1.29, 1.82) is 0 Å². The van der Waals surface area contributed by atoms with E-state index in [0.717, 1.165) is 33.5 Å². The van der Waals surface area contributed by atoms with Crippen molar-refractivity contribution in [3.05, 3.63) is 68.4 Å². The van der Waals surface area contributed by atoms with Gasteiger partial charge in [-0.15, -0.1) is 0 Å². The summed E-state index contributed by atoms with van der Waals surface area (Å²) >= 11 is 25.5. The second kappa shape index (κ2) is 14.2. The molecular weight excluding hydrogens is 706 g/mol. The fourth-order valence-corrected chi connectivity index (χ4v) is 7.10. The number of nitrogens with zero attached hydrogens (tertiary/aromatic N) is 3. The largest absolute Gasteiger partial charge is 1.00 e. The Balaban J connectivity index is 0.00000576. The predicted octanol–water partition coefficient (Wildman–Crippen LogP) is 5.49. The van der Waals surface area contributed by atoms with Crippen LogP contribution in [0.25, 0.3) is 0 Å². The van der Waals surface area contributed by atoms with E-state index in [2.05, 4.69) is 0 Å². The van der Waals surface area contributed by atoms with E-state index in [9.17, 15) is 25.9 Å². The van der Waals surface area contributed by atoms with Crippen LogP contribution < -0.4 is 19.6 Å². The lowest BCUT2D eigenvalue weighted by Gasteiger charge is -2.28. The Labute approximate surface area is 286 Å². The molecule has 0 aromatic heterocycles. The number of hydrogen-bond donors (Lipinski definition) is 1. The molecule has 0 spiro atoms. The zero-order valence-corrected chi connectivity index (χ0v) is 29.8. The normalized spacial score (nSPS) is 20.8. The van der Waals surface area contributed by atoms with Crippen molar-refractivity contribution in [3.8, 4) is 0 Å². The highest BCUT2D eigenvalue weighted by Crippen LogP contribution is 2.46. The minimum Gasteiger partial charge on any atom is -0.748 e. The molecule has 4 atom stereocenters. The van der Waals surface area contributed by atoms with Crippen molar-refractivity contribution >= 4 is 89.4 Å². The van der Waals surface area contributed by atoms with Crippen LogP contribution in [0.5, 0.6) is 0 Å². The second-order valence-corrected chi connectivity index (χ2v) is 16.3. The van der Waals surface area contributed by atoms with Gasteiger partial charge in [0.1, 0.15) is 11.5 Å². The molecule has 16 heteroatoms. The van der Waals surface area contributed by atoms with Gasteiger partial charge in [-0.3, -0.25) is 4.90 Å². The third kappa shape index (κ3) is 7.71. The molecule has 0 saturated carbocycles. The first-order chi connectivity index (χ1) is 21.0. The number of benzene rings is 2. The van der Waals surface area contributed by atoms with Gasteiger partial charge in [0.15, 0.2) is 11.9 Å². The summed E-state index contributed by atoms with van der Waals surface area (Å²) in [5, 5.41) is -0.712. The van der Waals surface area contributed by atoms with Gasteiger partial charge in [0.2, 0.25) is 0 Å². The van der Waals surface area contributed by atoms with Gasteiger partial charge in [0.25, 0.3) is 0 Å². The summed E-state index contributed by atoms with van der Waals surface area (Å²) in [6.45, 7) is 8.51. The monoisotopic (exact) mass is 740 g/mol. The molecule has 0 radical (unpaired) electrons. The summed E-state index contributed by atoms with van der Waals surface area (Å²) in [4.78, 5) is 7.00. The second-order valence-electron chi connectivity index (χ2n) is 11.0. The predicted molar refractivity (Wildman–Crippen MR) is 181 cm³/mol. The molecule has 0 amide bonds. The van der Waals surface area contributed by atoms with Crippen molar-refractivity contribution in [2.75, 3.05) is 40.9 Å². The van der Waals surface area contributed by atoms with Crippen molar-refractivity contribution in [2.45, 2.75) is 57.2 Å². The summed E-state index contributed by atoms with van der Waals surface area (Å²) in [7, 11) is -8.94. The Hall–Kier alpha value is -1.74. The molecule has 10 nitrogen and oxygen atoms in total. The number of allylic oxidation sites excluding steroid dienone is 2. The highest BCUT2D eigenvalue weighted by atomic mass is 35.5. The topological polar surface area (TPSA) is 129 Å². The van der Waals surface area contributed by atoms with Crippen LogP contribution in [0.2, 0.25) is 20.1 Å². The minimum absolute atomic E-state index is 0. The molecule has 0 bridgehead atoms. The molecular formula is C29H36Cl4N4O6S2. The molecule has 0 aliphatic carbocycles. The highest BCUT2D eigenvalue weighted by molar-refractivity contribution is 7.86. The number of hydrogen-bond acceptors (Lipinski definition) is 9. The molecule has 2 heterocycles. The lowest BCUT2D eigenvalue weighted by Crippen LogP contribution is -3.10. The standard InChI is InChI=1S/C29H36Cl4N4O6S2/c1-5-34-24-14-20(30)22(32)16-26(24)36(12-10-18(3)44(38,39)40)28(34)8-7-9-29-35(6-2)25-15-21(31)23(33)17-27(25)37(29)13-11-19(4)45(41,42)43/h7-9,14-19,28H,5-6,10-13H2,1-4H3,(H,38,39,40)(H,41,42,43). The first kappa shape index (κ1) is 36.1. The summed E-state index contributed by atoms with van der Waals surface area (Å²) in [5.41, 5.74) is 3.21. The maximum absolute atomic E-state index is 11.7. The van der Waals surface area contributed by atoms with Crippen LogP contribution in [0.3, 0.4) is 0 Å². The molecule has 0 saturated heterocycles. The van der Waals surface area contributed by atoms with E-state index in [1.54, 1.807) is 24.3 Å². The van der Waals surface area contributed by atoms with Gasteiger partial charge in [-0.2, -0.15) is 0 Å². The third-order valence-corrected chi connectivity index (χ3v) is 12.2. The van der Waals surface area contributed by atoms with Crippen LogP contribution >= 0.6 is 46.4 Å². The summed E-state index contributed by atoms with van der Waals surface area (Å²) in [5.74, 6) is 0.731. The van der Waals surface area contributed by atoms with Crippen LogP contribution in [0.4, 0.5) is 22.7 Å². The van der Waals surface area contributed by atoms with E-state index in [1.165, 1.54) is 13.8 Å². The number of anilines is 3. The van der Waals surface area contributed by atoms with Gasteiger partial charge in [-0.1, -0.05) is 52.5 Å². The van der Waals surface area contributed by atoms with Crippen molar-refractivity contribution in [3.63, 3.8) is 0 Å². The average Bonchev–Trinajstić information content (AvgIpc) is 3.39. The molecule has 4 unspecified atom stereocenters. The lowest BCUT2D eigenvalue weighted by molar-refractivity contribution is -0.843. The summed E-state index contributed by atoms with van der Waals surface area (Å²) < 4.78 is 69.9. The zero-order valence-electron chi connectivity index (χ0n) is 26.1. The molecule has 4 rings (SSSR count). The number of likely N-dealkylation sites (N-methyl/N-ethyl adjacent to an activating group) is 1. The van der Waals surface area contributed by atoms with Gasteiger partial charge < -0.3 is 23.8 Å².